The summed E-state index contributed by atoms with van der Waals surface area (Å²) in [5.74, 6) is 0. The van der Waals surface area contributed by atoms with E-state index < -0.39 is 3.79 Å². The lowest BCUT2D eigenvalue weighted by molar-refractivity contribution is 1.20. The number of hydrogen-bond acceptors (Lipinski definition) is 2. The summed E-state index contributed by atoms with van der Waals surface area (Å²) in [5, 5.41) is 0.138. The Morgan fingerprint density at radius 1 is 1.33 bits per heavy atom. The number of alkyl halides is 3. The fourth-order valence-electron chi connectivity index (χ4n) is 0.695. The summed E-state index contributed by atoms with van der Waals surface area (Å²) in [4.78, 5) is 3.72. The van der Waals surface area contributed by atoms with Crippen molar-refractivity contribution in [3.05, 3.63) is 23.0 Å². The lowest BCUT2D eigenvalue weighted by Crippen LogP contribution is -2.06. The number of hydrogen-bond donors (Lipinski definition) is 1. The van der Waals surface area contributed by atoms with Crippen LogP contribution < -0.4 is 5.73 Å². The van der Waals surface area contributed by atoms with Crippen LogP contribution in [0.5, 0.6) is 0 Å². The van der Waals surface area contributed by atoms with Crippen molar-refractivity contribution < 1.29 is 0 Å². The molecule has 1 aromatic rings. The fourth-order valence-corrected chi connectivity index (χ4v) is 1.35. The van der Waals surface area contributed by atoms with Gasteiger partial charge in [0.05, 0.1) is 5.69 Å². The molecule has 0 radical (unpaired) electrons. The van der Waals surface area contributed by atoms with Crippen LogP contribution in [0.2, 0.25) is 5.15 Å². The third-order valence-electron chi connectivity index (χ3n) is 1.25. The number of nitrogens with two attached hydrogens (primary N) is 1. The minimum atomic E-state index is -1.56. The molecular formula is C6H4Cl4N2. The maximum absolute atomic E-state index is 5.61. The maximum Gasteiger partial charge on any atom is 0.218 e. The van der Waals surface area contributed by atoms with Crippen molar-refractivity contribution in [2.24, 2.45) is 0 Å². The molecule has 0 unspecified atom stereocenters. The molecule has 1 heterocycles. The highest BCUT2D eigenvalue weighted by Crippen LogP contribution is 2.42. The summed E-state index contributed by atoms with van der Waals surface area (Å²) < 4.78 is -1.56. The normalized spacial score (nSPS) is 11.7. The number of nitrogens with zero attached hydrogens (tertiary/aromatic N) is 1. The Morgan fingerprint density at radius 2 is 1.92 bits per heavy atom. The van der Waals surface area contributed by atoms with E-state index in [9.17, 15) is 0 Å². The van der Waals surface area contributed by atoms with Crippen molar-refractivity contribution in [3.63, 3.8) is 0 Å². The van der Waals surface area contributed by atoms with Crippen LogP contribution in [0.25, 0.3) is 0 Å². The quantitative estimate of drug-likeness (QED) is 0.564. The van der Waals surface area contributed by atoms with Crippen molar-refractivity contribution in [2.45, 2.75) is 3.79 Å². The monoisotopic (exact) mass is 244 g/mol. The zero-order valence-electron chi connectivity index (χ0n) is 5.69. The smallest absolute Gasteiger partial charge is 0.218 e. The number of aromatic nitrogens is 1. The van der Waals surface area contributed by atoms with Crippen LogP contribution in [0.1, 0.15) is 5.56 Å². The minimum absolute atomic E-state index is 0.138. The van der Waals surface area contributed by atoms with Crippen LogP contribution in [-0.2, 0) is 3.79 Å². The van der Waals surface area contributed by atoms with E-state index >= 15 is 0 Å². The third kappa shape index (κ3) is 2.07. The second-order valence-corrected chi connectivity index (χ2v) is 4.70. The zero-order valence-corrected chi connectivity index (χ0v) is 8.71. The van der Waals surface area contributed by atoms with Crippen LogP contribution in [-0.4, -0.2) is 4.98 Å². The standard InChI is InChI=1S/C6H4Cl4N2/c7-5-4(11)3(1-2-12-5)6(8,9)10/h1-2H,11H2. The van der Waals surface area contributed by atoms with Gasteiger partial charge in [-0.3, -0.25) is 0 Å². The lowest BCUT2D eigenvalue weighted by Gasteiger charge is -2.13. The average Bonchev–Trinajstić information content (AvgIpc) is 1.92. The van der Waals surface area contributed by atoms with Crippen LogP contribution in [0.4, 0.5) is 5.69 Å². The van der Waals surface area contributed by atoms with Crippen molar-refractivity contribution in [3.8, 4) is 0 Å². The van der Waals surface area contributed by atoms with Gasteiger partial charge >= 0.3 is 0 Å². The average molecular weight is 246 g/mol. The highest BCUT2D eigenvalue weighted by atomic mass is 35.6. The van der Waals surface area contributed by atoms with Gasteiger partial charge in [-0.25, -0.2) is 4.98 Å². The molecule has 6 heteroatoms. The predicted molar refractivity (Wildman–Crippen MR) is 52.9 cm³/mol. The number of nitrogen functional groups attached to an aromatic ring is 1. The molecule has 1 aromatic heterocycles. The van der Waals surface area contributed by atoms with Crippen molar-refractivity contribution in [1.82, 2.24) is 4.98 Å². The summed E-state index contributed by atoms with van der Waals surface area (Å²) >= 11 is 22.4. The minimum Gasteiger partial charge on any atom is -0.396 e. The molecule has 0 amide bonds. The van der Waals surface area contributed by atoms with E-state index in [2.05, 4.69) is 4.98 Å². The van der Waals surface area contributed by atoms with Crippen LogP contribution in [0, 0.1) is 0 Å². The first kappa shape index (κ1) is 10.2. The second-order valence-electron chi connectivity index (χ2n) is 2.06. The highest BCUT2D eigenvalue weighted by molar-refractivity contribution is 6.67. The Hall–Kier alpha value is 0.110. The number of halogens is 4. The largest absolute Gasteiger partial charge is 0.396 e. The Labute approximate surface area is 89.6 Å². The predicted octanol–water partition coefficient (Wildman–Crippen LogP) is 3.14. The van der Waals surface area contributed by atoms with Crippen LogP contribution in [0.15, 0.2) is 12.3 Å². The van der Waals surface area contributed by atoms with Gasteiger partial charge in [0.2, 0.25) is 3.79 Å². The van der Waals surface area contributed by atoms with Gasteiger partial charge in [-0.15, -0.1) is 0 Å². The van der Waals surface area contributed by atoms with Gasteiger partial charge in [-0.2, -0.15) is 0 Å². The summed E-state index contributed by atoms with van der Waals surface area (Å²) in [6, 6.07) is 1.51. The molecule has 0 fully saturated rings. The molecule has 66 valence electrons. The molecule has 2 N–H and O–H groups in total. The molecule has 1 rings (SSSR count). The Morgan fingerprint density at radius 3 is 2.33 bits per heavy atom. The molecule has 0 bridgehead atoms. The molecular weight excluding hydrogens is 242 g/mol. The third-order valence-corrected chi connectivity index (χ3v) is 2.16. The topological polar surface area (TPSA) is 38.9 Å². The Bertz CT molecular complexity index is 294. The van der Waals surface area contributed by atoms with E-state index in [1.807, 2.05) is 0 Å². The molecule has 12 heavy (non-hydrogen) atoms. The first-order valence-corrected chi connectivity index (χ1v) is 4.41. The van der Waals surface area contributed by atoms with Crippen molar-refractivity contribution >= 4 is 52.1 Å². The SMILES string of the molecule is Nc1c(C(Cl)(Cl)Cl)ccnc1Cl. The molecule has 2 nitrogen and oxygen atoms in total. The molecule has 0 saturated heterocycles. The first-order chi connectivity index (χ1) is 5.43. The molecule has 0 spiro atoms. The summed E-state index contributed by atoms with van der Waals surface area (Å²) in [7, 11) is 0. The molecule has 0 aliphatic carbocycles. The Kier molecular flexibility index (Phi) is 2.94. The summed E-state index contributed by atoms with van der Waals surface area (Å²) in [5.41, 5.74) is 6.05. The highest BCUT2D eigenvalue weighted by Gasteiger charge is 2.26. The van der Waals surface area contributed by atoms with Gasteiger partial charge in [0.25, 0.3) is 0 Å². The van der Waals surface area contributed by atoms with E-state index in [-0.39, 0.29) is 10.8 Å². The van der Waals surface area contributed by atoms with Crippen LogP contribution in [0.3, 0.4) is 0 Å². The number of rotatable bonds is 0. The first-order valence-electron chi connectivity index (χ1n) is 2.90. The van der Waals surface area contributed by atoms with E-state index in [0.29, 0.717) is 5.56 Å². The van der Waals surface area contributed by atoms with Gasteiger partial charge in [-0.1, -0.05) is 46.4 Å². The zero-order chi connectivity index (χ0) is 9.35. The van der Waals surface area contributed by atoms with Crippen molar-refractivity contribution in [2.75, 3.05) is 5.73 Å². The summed E-state index contributed by atoms with van der Waals surface area (Å²) in [6.07, 6.45) is 1.43. The van der Waals surface area contributed by atoms with E-state index in [0.717, 1.165) is 0 Å². The molecule has 0 aliphatic rings. The van der Waals surface area contributed by atoms with Gasteiger partial charge < -0.3 is 5.73 Å². The number of pyridine rings is 1. The maximum atomic E-state index is 5.61. The summed E-state index contributed by atoms with van der Waals surface area (Å²) in [6.45, 7) is 0. The van der Waals surface area contributed by atoms with Gasteiger partial charge in [-0.05, 0) is 6.07 Å². The molecule has 0 aliphatic heterocycles. The molecule has 0 saturated carbocycles. The molecule has 0 atom stereocenters. The van der Waals surface area contributed by atoms with Crippen LogP contribution >= 0.6 is 46.4 Å². The fraction of sp³-hybridized carbons (Fsp3) is 0.167. The van der Waals surface area contributed by atoms with E-state index in [1.165, 1.54) is 12.3 Å². The molecule has 0 aromatic carbocycles. The van der Waals surface area contributed by atoms with Crippen molar-refractivity contribution in [1.29, 1.82) is 0 Å². The second kappa shape index (κ2) is 3.46. The van der Waals surface area contributed by atoms with E-state index in [4.69, 9.17) is 52.1 Å². The van der Waals surface area contributed by atoms with E-state index in [1.54, 1.807) is 0 Å². The van der Waals surface area contributed by atoms with Gasteiger partial charge in [0.15, 0.2) is 5.15 Å². The van der Waals surface area contributed by atoms with Gasteiger partial charge in [0, 0.05) is 11.8 Å². The Balaban J connectivity index is 3.26. The number of anilines is 1. The lowest BCUT2D eigenvalue weighted by atomic mass is 10.2. The van der Waals surface area contributed by atoms with Gasteiger partial charge in [0.1, 0.15) is 0 Å².